The summed E-state index contributed by atoms with van der Waals surface area (Å²) >= 11 is 0. The van der Waals surface area contributed by atoms with E-state index in [1.165, 1.54) is 0 Å². The van der Waals surface area contributed by atoms with Crippen molar-refractivity contribution in [3.63, 3.8) is 0 Å². The van der Waals surface area contributed by atoms with Gasteiger partial charge in [-0.1, -0.05) is 67.2 Å². The molecule has 3 heterocycles. The van der Waals surface area contributed by atoms with Gasteiger partial charge in [0.25, 0.3) is 0 Å². The highest BCUT2D eigenvalue weighted by atomic mass is 19.4. The third kappa shape index (κ3) is 6.05. The first-order valence-electron chi connectivity index (χ1n) is 14.6. The van der Waals surface area contributed by atoms with Crippen molar-refractivity contribution in [3.8, 4) is 0 Å². The molecule has 1 aromatic heterocycles. The van der Waals surface area contributed by atoms with Gasteiger partial charge in [-0.15, -0.1) is 0 Å². The van der Waals surface area contributed by atoms with Gasteiger partial charge in [0.05, 0.1) is 30.0 Å². The van der Waals surface area contributed by atoms with Crippen molar-refractivity contribution in [3.05, 3.63) is 114 Å². The number of piperidine rings is 1. The Kier molecular flexibility index (Phi) is 7.75. The number of benzene rings is 2. The SMILES string of the molecule is C=C1CC(C(F)(F)F)C(C(=N)C2CCN(c3cnc(C4CC4)nc3)CC2)=C(NC(c2ccccc2)c2ccccc2)N1. The van der Waals surface area contributed by atoms with Gasteiger partial charge in [-0.25, -0.2) is 9.97 Å². The molecule has 0 amide bonds. The average Bonchev–Trinajstić information content (AvgIpc) is 3.86. The van der Waals surface area contributed by atoms with E-state index in [0.29, 0.717) is 31.8 Å². The number of aromatic nitrogens is 2. The Morgan fingerprint density at radius 1 is 0.929 bits per heavy atom. The maximum absolute atomic E-state index is 14.6. The molecule has 1 unspecified atom stereocenters. The first-order chi connectivity index (χ1) is 20.3. The van der Waals surface area contributed by atoms with E-state index >= 15 is 0 Å². The van der Waals surface area contributed by atoms with Gasteiger partial charge in [-0.05, 0) is 36.8 Å². The number of hydrogen-bond acceptors (Lipinski definition) is 6. The van der Waals surface area contributed by atoms with E-state index in [4.69, 9.17) is 0 Å². The highest BCUT2D eigenvalue weighted by molar-refractivity contribution is 6.01. The maximum Gasteiger partial charge on any atom is 0.396 e. The van der Waals surface area contributed by atoms with E-state index in [1.54, 1.807) is 0 Å². The van der Waals surface area contributed by atoms with Crippen molar-refractivity contribution in [2.45, 2.75) is 50.2 Å². The van der Waals surface area contributed by atoms with Gasteiger partial charge in [-0.2, -0.15) is 13.2 Å². The van der Waals surface area contributed by atoms with Crippen LogP contribution in [-0.4, -0.2) is 34.9 Å². The van der Waals surface area contributed by atoms with Crippen LogP contribution in [0.1, 0.15) is 61.0 Å². The van der Waals surface area contributed by atoms with Gasteiger partial charge in [0, 0.05) is 48.3 Å². The third-order valence-electron chi connectivity index (χ3n) is 8.48. The minimum atomic E-state index is -4.52. The number of anilines is 1. The Hall–Kier alpha value is -4.14. The highest BCUT2D eigenvalue weighted by Gasteiger charge is 2.48. The van der Waals surface area contributed by atoms with Crippen molar-refractivity contribution >= 4 is 11.4 Å². The van der Waals surface area contributed by atoms with Crippen LogP contribution >= 0.6 is 0 Å². The normalized spacial score (nSPS) is 20.0. The molecule has 42 heavy (non-hydrogen) atoms. The summed E-state index contributed by atoms with van der Waals surface area (Å²) in [6.45, 7) is 5.13. The molecular formula is C33H35F3N6. The summed E-state index contributed by atoms with van der Waals surface area (Å²) in [5, 5.41) is 15.7. The van der Waals surface area contributed by atoms with E-state index in [-0.39, 0.29) is 35.1 Å². The van der Waals surface area contributed by atoms with Gasteiger partial charge in [0.2, 0.25) is 0 Å². The van der Waals surface area contributed by atoms with Crippen LogP contribution in [0.3, 0.4) is 0 Å². The minimum absolute atomic E-state index is 0.0117. The van der Waals surface area contributed by atoms with Crippen LogP contribution in [-0.2, 0) is 0 Å². The summed E-state index contributed by atoms with van der Waals surface area (Å²) < 4.78 is 43.7. The van der Waals surface area contributed by atoms with Gasteiger partial charge < -0.3 is 20.9 Å². The molecule has 6 rings (SSSR count). The van der Waals surface area contributed by atoms with Crippen LogP contribution in [0.2, 0.25) is 0 Å². The quantitative estimate of drug-likeness (QED) is 0.257. The number of nitrogens with one attached hydrogen (secondary N) is 3. The summed E-state index contributed by atoms with van der Waals surface area (Å²) in [4.78, 5) is 11.2. The van der Waals surface area contributed by atoms with Crippen molar-refractivity contribution in [1.29, 1.82) is 5.41 Å². The Morgan fingerprint density at radius 3 is 2.02 bits per heavy atom. The predicted molar refractivity (Wildman–Crippen MR) is 158 cm³/mol. The Bertz CT molecular complexity index is 1400. The number of halogens is 3. The number of rotatable bonds is 8. The molecule has 2 aliphatic heterocycles. The molecular weight excluding hydrogens is 537 g/mol. The van der Waals surface area contributed by atoms with Crippen molar-refractivity contribution < 1.29 is 13.2 Å². The van der Waals surface area contributed by atoms with Crippen LogP contribution in [0.15, 0.2) is 96.7 Å². The molecule has 3 aliphatic rings. The summed E-state index contributed by atoms with van der Waals surface area (Å²) in [5.41, 5.74) is 3.05. The second-order valence-electron chi connectivity index (χ2n) is 11.5. The first kappa shape index (κ1) is 28.0. The van der Waals surface area contributed by atoms with E-state index in [2.05, 4.69) is 32.1 Å². The largest absolute Gasteiger partial charge is 0.396 e. The fourth-order valence-electron chi connectivity index (χ4n) is 6.02. The van der Waals surface area contributed by atoms with Crippen molar-refractivity contribution in [2.24, 2.45) is 11.8 Å². The molecule has 218 valence electrons. The molecule has 1 saturated carbocycles. The van der Waals surface area contributed by atoms with E-state index < -0.39 is 18.1 Å². The number of hydrogen-bond donors (Lipinski definition) is 3. The Balaban J connectivity index is 1.28. The molecule has 9 heteroatoms. The molecule has 2 aromatic carbocycles. The standard InChI is InChI=1S/C33H35F3N6/c1-21-18-27(33(34,35)36)28(32(40-21)41-30(23-8-4-2-5-9-23)24-10-6-3-7-11-24)29(37)22-14-16-42(17-15-22)26-19-38-31(39-20-26)25-12-13-25/h2-11,19-20,22,25,27,30,37,40-41H,1,12-18H2. The summed E-state index contributed by atoms with van der Waals surface area (Å²) in [6.07, 6.45) is 2.31. The summed E-state index contributed by atoms with van der Waals surface area (Å²) in [6, 6.07) is 18.8. The van der Waals surface area contributed by atoms with Crippen molar-refractivity contribution in [2.75, 3.05) is 18.0 Å². The molecule has 3 aromatic rings. The molecule has 6 nitrogen and oxygen atoms in total. The highest BCUT2D eigenvalue weighted by Crippen LogP contribution is 2.42. The van der Waals surface area contributed by atoms with Crippen LogP contribution in [0, 0.1) is 17.2 Å². The molecule has 3 N–H and O–H groups in total. The zero-order valence-corrected chi connectivity index (χ0v) is 23.4. The number of allylic oxidation sites excluding steroid dienone is 2. The molecule has 0 spiro atoms. The zero-order chi connectivity index (χ0) is 29.3. The molecule has 0 bridgehead atoms. The molecule has 1 atom stereocenters. The van der Waals surface area contributed by atoms with E-state index in [0.717, 1.165) is 35.5 Å². The lowest BCUT2D eigenvalue weighted by atomic mass is 9.79. The third-order valence-corrected chi connectivity index (χ3v) is 8.48. The monoisotopic (exact) mass is 572 g/mol. The molecule has 0 radical (unpaired) electrons. The van der Waals surface area contributed by atoms with Crippen LogP contribution in [0.5, 0.6) is 0 Å². The number of nitrogens with zero attached hydrogens (tertiary/aromatic N) is 3. The maximum atomic E-state index is 14.6. The first-order valence-corrected chi connectivity index (χ1v) is 14.6. The van der Waals surface area contributed by atoms with Crippen LogP contribution in [0.25, 0.3) is 0 Å². The topological polar surface area (TPSA) is 76.9 Å². The van der Waals surface area contributed by atoms with Gasteiger partial charge >= 0.3 is 6.18 Å². The Morgan fingerprint density at radius 2 is 1.50 bits per heavy atom. The van der Waals surface area contributed by atoms with Crippen LogP contribution < -0.4 is 15.5 Å². The van der Waals surface area contributed by atoms with Crippen LogP contribution in [0.4, 0.5) is 18.9 Å². The second-order valence-corrected chi connectivity index (χ2v) is 11.5. The Labute approximate surface area is 244 Å². The van der Waals surface area contributed by atoms with Gasteiger partial charge in [0.1, 0.15) is 11.6 Å². The summed E-state index contributed by atoms with van der Waals surface area (Å²) in [7, 11) is 0. The fourth-order valence-corrected chi connectivity index (χ4v) is 6.02. The molecule has 1 aliphatic carbocycles. The lowest BCUT2D eigenvalue weighted by Crippen LogP contribution is -2.45. The predicted octanol–water partition coefficient (Wildman–Crippen LogP) is 6.87. The number of alkyl halides is 3. The van der Waals surface area contributed by atoms with E-state index in [9.17, 15) is 18.6 Å². The zero-order valence-electron chi connectivity index (χ0n) is 23.4. The smallest absolute Gasteiger partial charge is 0.369 e. The average molecular weight is 573 g/mol. The lowest BCUT2D eigenvalue weighted by molar-refractivity contribution is -0.163. The fraction of sp³-hybridized carbons (Fsp3) is 0.364. The van der Waals surface area contributed by atoms with Crippen molar-refractivity contribution in [1.82, 2.24) is 20.6 Å². The van der Waals surface area contributed by atoms with Gasteiger partial charge in [-0.3, -0.25) is 0 Å². The lowest BCUT2D eigenvalue weighted by Gasteiger charge is -2.38. The van der Waals surface area contributed by atoms with Gasteiger partial charge in [0.15, 0.2) is 0 Å². The van der Waals surface area contributed by atoms with E-state index in [1.807, 2.05) is 73.1 Å². The molecule has 1 saturated heterocycles. The molecule has 2 fully saturated rings. The minimum Gasteiger partial charge on any atom is -0.369 e. The summed E-state index contributed by atoms with van der Waals surface area (Å²) in [5.74, 6) is -0.537. The second kappa shape index (κ2) is 11.6.